The summed E-state index contributed by atoms with van der Waals surface area (Å²) in [5.41, 5.74) is 1.13. The van der Waals surface area contributed by atoms with Gasteiger partial charge in [-0.1, -0.05) is 11.8 Å². The van der Waals surface area contributed by atoms with Crippen molar-refractivity contribution in [3.05, 3.63) is 45.8 Å². The molecule has 8 heteroatoms. The Kier molecular flexibility index (Phi) is 6.96. The number of hydrogen-bond acceptors (Lipinski definition) is 6. The minimum absolute atomic E-state index is 0.0543. The van der Waals surface area contributed by atoms with Gasteiger partial charge in [0, 0.05) is 23.7 Å². The molecule has 0 radical (unpaired) electrons. The molecule has 3 heterocycles. The van der Waals surface area contributed by atoms with Gasteiger partial charge in [0.25, 0.3) is 5.56 Å². The number of nitrogens with zero attached hydrogens (tertiary/aromatic N) is 3. The third-order valence-electron chi connectivity index (χ3n) is 5.34. The number of aryl methyl sites for hydroxylation is 1. The lowest BCUT2D eigenvalue weighted by molar-refractivity contribution is -0.135. The van der Waals surface area contributed by atoms with E-state index in [-0.39, 0.29) is 23.9 Å². The van der Waals surface area contributed by atoms with Crippen molar-refractivity contribution < 1.29 is 9.21 Å². The Morgan fingerprint density at radius 2 is 2.18 bits per heavy atom. The number of aromatic amines is 1. The van der Waals surface area contributed by atoms with Gasteiger partial charge in [-0.3, -0.25) is 9.59 Å². The van der Waals surface area contributed by atoms with Crippen LogP contribution in [0.15, 0.2) is 32.8 Å². The molecule has 1 fully saturated rings. The van der Waals surface area contributed by atoms with E-state index in [1.54, 1.807) is 6.26 Å². The number of H-pyrrole nitrogens is 1. The van der Waals surface area contributed by atoms with E-state index in [9.17, 15) is 9.59 Å². The number of carbonyl (C=O) groups is 1. The first-order valence-electron chi connectivity index (χ1n) is 9.62. The minimum atomic E-state index is -0.151. The maximum atomic E-state index is 13.1. The Labute approximate surface area is 169 Å². The molecule has 1 amide bonds. The molecule has 152 valence electrons. The Morgan fingerprint density at radius 1 is 1.43 bits per heavy atom. The van der Waals surface area contributed by atoms with Gasteiger partial charge < -0.3 is 19.2 Å². The van der Waals surface area contributed by atoms with Gasteiger partial charge in [0.1, 0.15) is 5.76 Å². The standard InChI is InChI=1S/C20H28N4O3S/c1-14-17(19(26)22-20(21-14)28-3)6-7-18(25)24(13-16-5-4-12-27-16)15-8-10-23(2)11-9-15/h4-5,12,15H,6-11,13H2,1-3H3,(H,21,22,26). The largest absolute Gasteiger partial charge is 0.467 e. The SMILES string of the molecule is CSc1nc(C)c(CCC(=O)N(Cc2ccco2)C2CCN(C)CC2)c(=O)[nH]1. The van der Waals surface area contributed by atoms with E-state index < -0.39 is 0 Å². The fraction of sp³-hybridized carbons (Fsp3) is 0.550. The lowest BCUT2D eigenvalue weighted by atomic mass is 10.0. The molecule has 7 nitrogen and oxygen atoms in total. The first kappa shape index (κ1) is 20.7. The third kappa shape index (κ3) is 5.05. The van der Waals surface area contributed by atoms with E-state index in [1.807, 2.05) is 30.2 Å². The fourth-order valence-electron chi connectivity index (χ4n) is 3.65. The molecule has 1 N–H and O–H groups in total. The van der Waals surface area contributed by atoms with Crippen LogP contribution in [0.1, 0.15) is 36.3 Å². The summed E-state index contributed by atoms with van der Waals surface area (Å²) in [6.45, 7) is 4.25. The van der Waals surface area contributed by atoms with Gasteiger partial charge in [-0.25, -0.2) is 4.98 Å². The van der Waals surface area contributed by atoms with Gasteiger partial charge in [-0.05, 0) is 64.7 Å². The van der Waals surface area contributed by atoms with Crippen molar-refractivity contribution in [1.82, 2.24) is 19.8 Å². The molecule has 2 aromatic rings. The number of rotatable bonds is 7. The van der Waals surface area contributed by atoms with Crippen LogP contribution in [0.3, 0.4) is 0 Å². The van der Waals surface area contributed by atoms with E-state index in [4.69, 9.17) is 4.42 Å². The van der Waals surface area contributed by atoms with Crippen LogP contribution in [0.4, 0.5) is 0 Å². The molecule has 1 aliphatic rings. The highest BCUT2D eigenvalue weighted by Gasteiger charge is 2.27. The molecular formula is C20H28N4O3S. The van der Waals surface area contributed by atoms with E-state index in [1.165, 1.54) is 11.8 Å². The smallest absolute Gasteiger partial charge is 0.254 e. The van der Waals surface area contributed by atoms with Crippen molar-refractivity contribution in [1.29, 1.82) is 0 Å². The van der Waals surface area contributed by atoms with Crippen LogP contribution >= 0.6 is 11.8 Å². The zero-order valence-electron chi connectivity index (χ0n) is 16.7. The number of amides is 1. The number of piperidine rings is 1. The molecule has 0 aliphatic carbocycles. The first-order valence-corrected chi connectivity index (χ1v) is 10.8. The molecule has 0 atom stereocenters. The second-order valence-corrected chi connectivity index (χ2v) is 8.07. The number of thioether (sulfide) groups is 1. The lowest BCUT2D eigenvalue weighted by Crippen LogP contribution is -2.46. The topological polar surface area (TPSA) is 82.4 Å². The summed E-state index contributed by atoms with van der Waals surface area (Å²) in [7, 11) is 2.11. The van der Waals surface area contributed by atoms with Crippen LogP contribution < -0.4 is 5.56 Å². The van der Waals surface area contributed by atoms with Crippen molar-refractivity contribution >= 4 is 17.7 Å². The minimum Gasteiger partial charge on any atom is -0.467 e. The van der Waals surface area contributed by atoms with Gasteiger partial charge in [-0.15, -0.1) is 0 Å². The van der Waals surface area contributed by atoms with Crippen LogP contribution in [0.5, 0.6) is 0 Å². The summed E-state index contributed by atoms with van der Waals surface area (Å²) in [6.07, 6.45) is 6.09. The van der Waals surface area contributed by atoms with Crippen molar-refractivity contribution in [2.75, 3.05) is 26.4 Å². The van der Waals surface area contributed by atoms with Gasteiger partial charge in [0.05, 0.1) is 12.8 Å². The molecule has 28 heavy (non-hydrogen) atoms. The second kappa shape index (κ2) is 9.43. The molecule has 1 aliphatic heterocycles. The summed E-state index contributed by atoms with van der Waals surface area (Å²) in [6, 6.07) is 3.94. The highest BCUT2D eigenvalue weighted by Crippen LogP contribution is 2.20. The van der Waals surface area contributed by atoms with Crippen molar-refractivity contribution in [2.45, 2.75) is 50.4 Å². The van der Waals surface area contributed by atoms with Gasteiger partial charge in [0.15, 0.2) is 5.16 Å². The summed E-state index contributed by atoms with van der Waals surface area (Å²) < 4.78 is 5.48. The molecule has 0 spiro atoms. The molecule has 0 saturated carbocycles. The average Bonchev–Trinajstić information content (AvgIpc) is 3.19. The van der Waals surface area contributed by atoms with E-state index in [0.717, 1.165) is 31.7 Å². The van der Waals surface area contributed by atoms with Gasteiger partial charge in [0.2, 0.25) is 5.91 Å². The molecule has 0 unspecified atom stereocenters. The van der Waals surface area contributed by atoms with Crippen molar-refractivity contribution in [3.63, 3.8) is 0 Å². The molecular weight excluding hydrogens is 376 g/mol. The zero-order valence-corrected chi connectivity index (χ0v) is 17.6. The van der Waals surface area contributed by atoms with Crippen molar-refractivity contribution in [3.8, 4) is 0 Å². The number of hydrogen-bond donors (Lipinski definition) is 1. The number of furan rings is 1. The Morgan fingerprint density at radius 3 is 2.79 bits per heavy atom. The van der Waals surface area contributed by atoms with Gasteiger partial charge in [-0.2, -0.15) is 0 Å². The monoisotopic (exact) mass is 404 g/mol. The number of carbonyl (C=O) groups excluding carboxylic acids is 1. The first-order chi connectivity index (χ1) is 13.5. The predicted molar refractivity (Wildman–Crippen MR) is 109 cm³/mol. The van der Waals surface area contributed by atoms with Crippen LogP contribution in [-0.4, -0.2) is 58.1 Å². The van der Waals surface area contributed by atoms with Crippen LogP contribution in [-0.2, 0) is 17.8 Å². The Balaban J connectivity index is 1.71. The fourth-order valence-corrected chi connectivity index (χ4v) is 4.07. The van der Waals surface area contributed by atoms with Crippen LogP contribution in [0.25, 0.3) is 0 Å². The van der Waals surface area contributed by atoms with Crippen LogP contribution in [0, 0.1) is 6.92 Å². The number of likely N-dealkylation sites (tertiary alicyclic amines) is 1. The van der Waals surface area contributed by atoms with E-state index >= 15 is 0 Å². The molecule has 0 bridgehead atoms. The number of aromatic nitrogens is 2. The highest BCUT2D eigenvalue weighted by atomic mass is 32.2. The maximum absolute atomic E-state index is 13.1. The van der Waals surface area contributed by atoms with Crippen LogP contribution in [0.2, 0.25) is 0 Å². The summed E-state index contributed by atoms with van der Waals surface area (Å²) >= 11 is 1.40. The third-order valence-corrected chi connectivity index (χ3v) is 5.92. The second-order valence-electron chi connectivity index (χ2n) is 7.27. The highest BCUT2D eigenvalue weighted by molar-refractivity contribution is 7.98. The summed E-state index contributed by atoms with van der Waals surface area (Å²) in [5, 5.41) is 0.600. The molecule has 1 saturated heterocycles. The molecule has 2 aromatic heterocycles. The van der Waals surface area contributed by atoms with E-state index in [2.05, 4.69) is 21.9 Å². The molecule has 0 aromatic carbocycles. The van der Waals surface area contributed by atoms with Crippen molar-refractivity contribution in [2.24, 2.45) is 0 Å². The Bertz CT molecular complexity index is 842. The average molecular weight is 405 g/mol. The zero-order chi connectivity index (χ0) is 20.1. The van der Waals surface area contributed by atoms with Gasteiger partial charge >= 0.3 is 0 Å². The normalized spacial score (nSPS) is 15.7. The Hall–Kier alpha value is -2.06. The van der Waals surface area contributed by atoms with E-state index in [0.29, 0.717) is 29.4 Å². The maximum Gasteiger partial charge on any atom is 0.254 e. The summed E-state index contributed by atoms with van der Waals surface area (Å²) in [4.78, 5) is 36.8. The lowest BCUT2D eigenvalue weighted by Gasteiger charge is -2.37. The molecule has 3 rings (SSSR count). The predicted octanol–water partition coefficient (Wildman–Crippen LogP) is 2.45. The quantitative estimate of drug-likeness (QED) is 0.564. The number of nitrogens with one attached hydrogen (secondary N) is 1. The summed E-state index contributed by atoms with van der Waals surface area (Å²) in [5.74, 6) is 0.839.